The number of allylic oxidation sites excluding steroid dienone is 2. The lowest BCUT2D eigenvalue weighted by molar-refractivity contribution is 0.225. The Hall–Kier alpha value is -1.02. The summed E-state index contributed by atoms with van der Waals surface area (Å²) in [5, 5.41) is 0. The summed E-state index contributed by atoms with van der Waals surface area (Å²) in [4.78, 5) is 0. The number of hydrogen-bond acceptors (Lipinski definition) is 1. The van der Waals surface area contributed by atoms with Gasteiger partial charge >= 0.3 is 0 Å². The summed E-state index contributed by atoms with van der Waals surface area (Å²) in [6, 6.07) is 9.82. The van der Waals surface area contributed by atoms with Crippen LogP contribution in [-0.2, 0) is 0 Å². The van der Waals surface area contributed by atoms with Crippen molar-refractivity contribution in [1.29, 1.82) is 0 Å². The quantitative estimate of drug-likeness (QED) is 0.728. The fourth-order valence-electron chi connectivity index (χ4n) is 1.33. The highest BCUT2D eigenvalue weighted by molar-refractivity contribution is 9.10. The van der Waals surface area contributed by atoms with E-state index in [0.717, 1.165) is 12.2 Å². The van der Waals surface area contributed by atoms with E-state index in [-0.39, 0.29) is 4.51 Å². The smallest absolute Gasteiger partial charge is 0.185 e. The predicted molar refractivity (Wildman–Crippen MR) is 61.6 cm³/mol. The fraction of sp³-hybridized carbons (Fsp3) is 0.167. The monoisotopic (exact) mass is 250 g/mol. The average Bonchev–Trinajstić information content (AvgIpc) is 2.19. The Morgan fingerprint density at radius 3 is 2.57 bits per heavy atom. The van der Waals surface area contributed by atoms with Gasteiger partial charge in [0.05, 0.1) is 0 Å². The lowest BCUT2D eigenvalue weighted by Crippen LogP contribution is -2.26. The maximum absolute atomic E-state index is 5.82. The van der Waals surface area contributed by atoms with E-state index in [4.69, 9.17) is 4.74 Å². The number of alkyl halides is 1. The third-order valence-electron chi connectivity index (χ3n) is 2.02. The van der Waals surface area contributed by atoms with Crippen LogP contribution < -0.4 is 4.74 Å². The van der Waals surface area contributed by atoms with Gasteiger partial charge in [-0.15, -0.1) is 0 Å². The molecule has 1 atom stereocenters. The van der Waals surface area contributed by atoms with Gasteiger partial charge < -0.3 is 4.74 Å². The van der Waals surface area contributed by atoms with Gasteiger partial charge in [-0.05, 0) is 34.1 Å². The van der Waals surface area contributed by atoms with Crippen molar-refractivity contribution < 1.29 is 4.74 Å². The first kappa shape index (κ1) is 9.53. The lowest BCUT2D eigenvalue weighted by atomic mass is 10.1. The first-order valence-electron chi connectivity index (χ1n) is 4.56. The third kappa shape index (κ3) is 2.26. The zero-order valence-electron chi connectivity index (χ0n) is 7.69. The Labute approximate surface area is 92.2 Å². The van der Waals surface area contributed by atoms with E-state index in [1.54, 1.807) is 0 Å². The Morgan fingerprint density at radius 2 is 1.93 bits per heavy atom. The van der Waals surface area contributed by atoms with Gasteiger partial charge in [0.15, 0.2) is 4.51 Å². The molecule has 0 radical (unpaired) electrons. The van der Waals surface area contributed by atoms with Gasteiger partial charge in [0.1, 0.15) is 5.75 Å². The van der Waals surface area contributed by atoms with Crippen molar-refractivity contribution in [3.05, 3.63) is 54.6 Å². The maximum atomic E-state index is 5.82. The molecule has 1 nitrogen and oxygen atoms in total. The normalized spacial score (nSPS) is 24.9. The predicted octanol–water partition coefficient (Wildman–Crippen LogP) is 3.67. The molecule has 0 fully saturated rings. The van der Waals surface area contributed by atoms with Crippen LogP contribution in [0.25, 0.3) is 0 Å². The molecule has 0 aromatic heterocycles. The van der Waals surface area contributed by atoms with E-state index < -0.39 is 0 Å². The summed E-state index contributed by atoms with van der Waals surface area (Å²) >= 11 is 3.57. The van der Waals surface area contributed by atoms with Crippen molar-refractivity contribution in [2.24, 2.45) is 0 Å². The molecule has 2 heteroatoms. The zero-order chi connectivity index (χ0) is 9.86. The van der Waals surface area contributed by atoms with Crippen LogP contribution in [0.15, 0.2) is 54.6 Å². The molecule has 1 unspecified atom stereocenters. The van der Waals surface area contributed by atoms with Gasteiger partial charge in [-0.3, -0.25) is 0 Å². The number of benzene rings is 1. The molecule has 1 aliphatic carbocycles. The first-order chi connectivity index (χ1) is 6.79. The summed E-state index contributed by atoms with van der Waals surface area (Å²) in [5.41, 5.74) is 0. The van der Waals surface area contributed by atoms with E-state index in [2.05, 4.69) is 22.0 Å². The highest BCUT2D eigenvalue weighted by Gasteiger charge is 2.24. The summed E-state index contributed by atoms with van der Waals surface area (Å²) in [7, 11) is 0. The van der Waals surface area contributed by atoms with Crippen LogP contribution in [0.3, 0.4) is 0 Å². The number of rotatable bonds is 2. The molecular weight excluding hydrogens is 240 g/mol. The van der Waals surface area contributed by atoms with Crippen LogP contribution in [0.2, 0.25) is 0 Å². The Kier molecular flexibility index (Phi) is 2.73. The molecule has 2 rings (SSSR count). The van der Waals surface area contributed by atoms with Crippen LogP contribution in [-0.4, -0.2) is 4.51 Å². The molecule has 1 aromatic rings. The van der Waals surface area contributed by atoms with E-state index in [1.165, 1.54) is 0 Å². The van der Waals surface area contributed by atoms with Crippen LogP contribution >= 0.6 is 15.9 Å². The molecule has 0 aliphatic heterocycles. The minimum atomic E-state index is -0.372. The number of halogens is 1. The van der Waals surface area contributed by atoms with Gasteiger partial charge in [-0.2, -0.15) is 0 Å². The number of hydrogen-bond donors (Lipinski definition) is 0. The topological polar surface area (TPSA) is 9.23 Å². The van der Waals surface area contributed by atoms with Gasteiger partial charge in [0.2, 0.25) is 0 Å². The molecule has 0 saturated heterocycles. The second-order valence-electron chi connectivity index (χ2n) is 3.19. The third-order valence-corrected chi connectivity index (χ3v) is 2.77. The van der Waals surface area contributed by atoms with E-state index in [1.807, 2.05) is 48.6 Å². The fourth-order valence-corrected chi connectivity index (χ4v) is 1.86. The van der Waals surface area contributed by atoms with Crippen LogP contribution in [0.5, 0.6) is 5.75 Å². The highest BCUT2D eigenvalue weighted by atomic mass is 79.9. The Balaban J connectivity index is 2.11. The van der Waals surface area contributed by atoms with E-state index >= 15 is 0 Å². The molecule has 14 heavy (non-hydrogen) atoms. The molecular formula is C12H11BrO. The minimum absolute atomic E-state index is 0.372. The van der Waals surface area contributed by atoms with Crippen LogP contribution in [0.4, 0.5) is 0 Å². The molecule has 0 N–H and O–H groups in total. The molecule has 1 aliphatic rings. The Morgan fingerprint density at radius 1 is 1.14 bits per heavy atom. The molecule has 72 valence electrons. The molecule has 0 amide bonds. The van der Waals surface area contributed by atoms with E-state index in [0.29, 0.717) is 0 Å². The van der Waals surface area contributed by atoms with Gasteiger partial charge in [0.25, 0.3) is 0 Å². The summed E-state index contributed by atoms with van der Waals surface area (Å²) in [6.07, 6.45) is 8.95. The average molecular weight is 251 g/mol. The zero-order valence-corrected chi connectivity index (χ0v) is 9.28. The molecule has 0 saturated carbocycles. The summed E-state index contributed by atoms with van der Waals surface area (Å²) < 4.78 is 5.45. The minimum Gasteiger partial charge on any atom is -0.472 e. The SMILES string of the molecule is BrC1(Oc2ccccc2)C=CC=CC1. The van der Waals surface area contributed by atoms with Crippen molar-refractivity contribution in [2.75, 3.05) is 0 Å². The second-order valence-corrected chi connectivity index (χ2v) is 4.54. The van der Waals surface area contributed by atoms with Gasteiger partial charge in [-0.25, -0.2) is 0 Å². The van der Waals surface area contributed by atoms with Crippen molar-refractivity contribution in [2.45, 2.75) is 10.9 Å². The lowest BCUT2D eigenvalue weighted by Gasteiger charge is -2.25. The second kappa shape index (κ2) is 4.01. The van der Waals surface area contributed by atoms with Crippen LogP contribution in [0, 0.1) is 0 Å². The van der Waals surface area contributed by atoms with Gasteiger partial charge in [0, 0.05) is 6.42 Å². The van der Waals surface area contributed by atoms with Crippen LogP contribution in [0.1, 0.15) is 6.42 Å². The summed E-state index contributed by atoms with van der Waals surface area (Å²) in [5.74, 6) is 0.879. The first-order valence-corrected chi connectivity index (χ1v) is 5.35. The van der Waals surface area contributed by atoms with Crippen molar-refractivity contribution >= 4 is 15.9 Å². The maximum Gasteiger partial charge on any atom is 0.185 e. The standard InChI is InChI=1S/C12H11BrO/c13-12(9-5-2-6-10-12)14-11-7-3-1-4-8-11/h1-9H,10H2. The molecule has 0 bridgehead atoms. The van der Waals surface area contributed by atoms with Gasteiger partial charge in [-0.1, -0.05) is 36.4 Å². The number of para-hydroxylation sites is 1. The molecule has 1 aromatic carbocycles. The van der Waals surface area contributed by atoms with Crippen molar-refractivity contribution in [3.63, 3.8) is 0 Å². The highest BCUT2D eigenvalue weighted by Crippen LogP contribution is 2.30. The number of ether oxygens (including phenoxy) is 1. The Bertz CT molecular complexity index is 356. The van der Waals surface area contributed by atoms with Crippen molar-refractivity contribution in [1.82, 2.24) is 0 Å². The largest absolute Gasteiger partial charge is 0.472 e. The molecule has 0 heterocycles. The van der Waals surface area contributed by atoms with E-state index in [9.17, 15) is 0 Å². The molecule has 0 spiro atoms. The summed E-state index contributed by atoms with van der Waals surface area (Å²) in [6.45, 7) is 0. The van der Waals surface area contributed by atoms with Crippen molar-refractivity contribution in [3.8, 4) is 5.75 Å².